The number of ketones is 1. The lowest BCUT2D eigenvalue weighted by molar-refractivity contribution is -0.148. The number of allylic oxidation sites excluding steroid dienone is 2. The first-order valence-electron chi connectivity index (χ1n) is 11.8. The van der Waals surface area contributed by atoms with Crippen molar-refractivity contribution in [1.82, 2.24) is 0 Å². The van der Waals surface area contributed by atoms with Gasteiger partial charge in [-0.05, 0) is 43.9 Å². The van der Waals surface area contributed by atoms with Gasteiger partial charge in [-0.15, -0.1) is 0 Å². The van der Waals surface area contributed by atoms with E-state index >= 15 is 0 Å². The van der Waals surface area contributed by atoms with E-state index in [9.17, 15) is 9.59 Å². The molecule has 0 saturated heterocycles. The number of esters is 1. The molecule has 2 aliphatic heterocycles. The van der Waals surface area contributed by atoms with Gasteiger partial charge in [0.2, 0.25) is 24.1 Å². The van der Waals surface area contributed by atoms with Gasteiger partial charge in [-0.25, -0.2) is 4.79 Å². The zero-order chi connectivity index (χ0) is 25.1. The standard InChI is InChI=1S/C27H30O8/c1-7-13(2)26(29)35-21-15(4)14(3)8-16-9-18(28)22(30-5)25(31-6)27(16)11-32-24-20(27)17(21)10-19-23(24)34-12-33-19/h7,9-10,14-15,21H,8,11-12H2,1-6H3/b13-7+/t14-,15-,21-,27+/m1/s1. The molecule has 0 saturated carbocycles. The van der Waals surface area contributed by atoms with E-state index in [4.69, 9.17) is 28.4 Å². The molecule has 186 valence electrons. The van der Waals surface area contributed by atoms with Gasteiger partial charge in [0.15, 0.2) is 17.3 Å². The van der Waals surface area contributed by atoms with Gasteiger partial charge in [0.05, 0.1) is 14.2 Å². The van der Waals surface area contributed by atoms with Crippen molar-refractivity contribution in [2.24, 2.45) is 11.8 Å². The highest BCUT2D eigenvalue weighted by Gasteiger charge is 2.58. The number of carbonyl (C=O) groups excluding carboxylic acids is 2. The van der Waals surface area contributed by atoms with E-state index in [0.717, 1.165) is 16.7 Å². The first kappa shape index (κ1) is 23.3. The zero-order valence-corrected chi connectivity index (χ0v) is 20.9. The van der Waals surface area contributed by atoms with E-state index in [1.165, 1.54) is 14.2 Å². The third kappa shape index (κ3) is 3.18. The fourth-order valence-electron chi connectivity index (χ4n) is 5.62. The average Bonchev–Trinajstić information content (AvgIpc) is 3.47. The molecule has 1 aromatic carbocycles. The van der Waals surface area contributed by atoms with Crippen molar-refractivity contribution in [3.63, 3.8) is 0 Å². The Hall–Kier alpha value is -3.42. The number of hydrogen-bond donors (Lipinski definition) is 0. The molecule has 8 heteroatoms. The molecule has 2 aliphatic carbocycles. The third-order valence-electron chi connectivity index (χ3n) is 7.80. The second kappa shape index (κ2) is 8.36. The largest absolute Gasteiger partial charge is 0.496 e. The summed E-state index contributed by atoms with van der Waals surface area (Å²) >= 11 is 0. The van der Waals surface area contributed by atoms with E-state index < -0.39 is 11.5 Å². The van der Waals surface area contributed by atoms with Crippen LogP contribution in [-0.2, 0) is 29.2 Å². The Morgan fingerprint density at radius 3 is 2.60 bits per heavy atom. The molecule has 4 atom stereocenters. The van der Waals surface area contributed by atoms with Gasteiger partial charge < -0.3 is 28.4 Å². The minimum atomic E-state index is -0.922. The SMILES string of the molecule is C/C=C(\C)C(=O)O[C@H]1c2cc3c(c4c2[C@]2(CO4)C(=CC(=O)C(OC)=C2OC)C[C@@H](C)[C@H]1C)OCO3. The number of rotatable bonds is 4. The molecular formula is C27H30O8. The molecule has 0 unspecified atom stereocenters. The highest BCUT2D eigenvalue weighted by molar-refractivity contribution is 6.05. The maximum absolute atomic E-state index is 13.0. The maximum atomic E-state index is 13.0. The van der Waals surface area contributed by atoms with Gasteiger partial charge in [-0.2, -0.15) is 0 Å². The average molecular weight is 483 g/mol. The van der Waals surface area contributed by atoms with Crippen molar-refractivity contribution >= 4 is 11.8 Å². The molecule has 2 heterocycles. The summed E-state index contributed by atoms with van der Waals surface area (Å²) in [4.78, 5) is 26.0. The van der Waals surface area contributed by atoms with Crippen LogP contribution in [0.4, 0.5) is 0 Å². The highest BCUT2D eigenvalue weighted by Crippen LogP contribution is 2.62. The van der Waals surface area contributed by atoms with Crippen LogP contribution in [0.2, 0.25) is 0 Å². The van der Waals surface area contributed by atoms with Crippen molar-refractivity contribution in [3.05, 3.63) is 52.0 Å². The molecular weight excluding hydrogens is 452 g/mol. The third-order valence-corrected chi connectivity index (χ3v) is 7.80. The van der Waals surface area contributed by atoms with Crippen molar-refractivity contribution in [2.45, 2.75) is 45.6 Å². The topological polar surface area (TPSA) is 89.5 Å². The van der Waals surface area contributed by atoms with Crippen LogP contribution in [-0.4, -0.2) is 39.4 Å². The molecule has 4 aliphatic rings. The molecule has 35 heavy (non-hydrogen) atoms. The predicted molar refractivity (Wildman–Crippen MR) is 125 cm³/mol. The van der Waals surface area contributed by atoms with Crippen molar-refractivity contribution in [1.29, 1.82) is 0 Å². The summed E-state index contributed by atoms with van der Waals surface area (Å²) in [5.74, 6) is 1.45. The van der Waals surface area contributed by atoms with Gasteiger partial charge in [-0.1, -0.05) is 19.9 Å². The Balaban J connectivity index is 1.83. The number of ether oxygens (including phenoxy) is 6. The Bertz CT molecular complexity index is 1210. The minimum Gasteiger partial charge on any atom is -0.496 e. The smallest absolute Gasteiger partial charge is 0.333 e. The summed E-state index contributed by atoms with van der Waals surface area (Å²) in [5, 5.41) is 0. The lowest BCUT2D eigenvalue weighted by Gasteiger charge is -2.42. The molecule has 0 aromatic heterocycles. The number of fused-ring (bicyclic) bond motifs is 2. The van der Waals surface area contributed by atoms with Crippen LogP contribution >= 0.6 is 0 Å². The van der Waals surface area contributed by atoms with Crippen LogP contribution in [0.25, 0.3) is 0 Å². The van der Waals surface area contributed by atoms with Crippen LogP contribution in [0.5, 0.6) is 17.2 Å². The van der Waals surface area contributed by atoms with Crippen LogP contribution in [0, 0.1) is 11.8 Å². The van der Waals surface area contributed by atoms with E-state index in [1.807, 2.05) is 6.07 Å². The number of benzene rings is 1. The molecule has 0 bridgehead atoms. The highest BCUT2D eigenvalue weighted by atomic mass is 16.7. The fourth-order valence-corrected chi connectivity index (χ4v) is 5.62. The zero-order valence-electron chi connectivity index (χ0n) is 20.9. The number of methoxy groups -OCH3 is 2. The number of hydrogen-bond acceptors (Lipinski definition) is 8. The lowest BCUT2D eigenvalue weighted by atomic mass is 9.62. The minimum absolute atomic E-state index is 0.0627. The second-order valence-electron chi connectivity index (χ2n) is 9.54. The van der Waals surface area contributed by atoms with Gasteiger partial charge in [0, 0.05) is 22.6 Å². The first-order valence-corrected chi connectivity index (χ1v) is 11.8. The molecule has 0 N–H and O–H groups in total. The summed E-state index contributed by atoms with van der Waals surface area (Å²) in [6.45, 7) is 7.96. The van der Waals surface area contributed by atoms with Crippen LogP contribution in [0.3, 0.4) is 0 Å². The van der Waals surface area contributed by atoms with Gasteiger partial charge in [0.1, 0.15) is 18.1 Å². The summed E-state index contributed by atoms with van der Waals surface area (Å²) in [6, 6.07) is 1.88. The van der Waals surface area contributed by atoms with Crippen molar-refractivity contribution in [2.75, 3.05) is 27.6 Å². The first-order chi connectivity index (χ1) is 16.8. The summed E-state index contributed by atoms with van der Waals surface area (Å²) in [5.41, 5.74) is 2.00. The van der Waals surface area contributed by atoms with E-state index in [2.05, 4.69) is 13.8 Å². The monoisotopic (exact) mass is 482 g/mol. The quantitative estimate of drug-likeness (QED) is 0.464. The van der Waals surface area contributed by atoms with Crippen molar-refractivity contribution in [3.8, 4) is 17.2 Å². The Morgan fingerprint density at radius 1 is 1.14 bits per heavy atom. The Kier molecular flexibility index (Phi) is 5.57. The molecule has 8 nitrogen and oxygen atoms in total. The van der Waals surface area contributed by atoms with Crippen LogP contribution in [0.1, 0.15) is 51.3 Å². The maximum Gasteiger partial charge on any atom is 0.333 e. The molecule has 1 spiro atoms. The fraction of sp³-hybridized carbons (Fsp3) is 0.481. The Morgan fingerprint density at radius 2 is 1.91 bits per heavy atom. The van der Waals surface area contributed by atoms with Crippen LogP contribution < -0.4 is 14.2 Å². The second-order valence-corrected chi connectivity index (χ2v) is 9.54. The summed E-state index contributed by atoms with van der Waals surface area (Å²) in [7, 11) is 2.98. The lowest BCUT2D eigenvalue weighted by Crippen LogP contribution is -2.42. The van der Waals surface area contributed by atoms with Crippen LogP contribution in [0.15, 0.2) is 40.9 Å². The van der Waals surface area contributed by atoms with Gasteiger partial charge in [-0.3, -0.25) is 4.79 Å². The van der Waals surface area contributed by atoms with Crippen molar-refractivity contribution < 1.29 is 38.0 Å². The normalized spacial score (nSPS) is 28.9. The van der Waals surface area contributed by atoms with E-state index in [1.54, 1.807) is 26.0 Å². The molecule has 5 rings (SSSR count). The summed E-state index contributed by atoms with van der Waals surface area (Å²) in [6.07, 6.45) is 3.38. The molecule has 0 fully saturated rings. The van der Waals surface area contributed by atoms with E-state index in [-0.39, 0.29) is 42.7 Å². The number of carbonyl (C=O) groups is 2. The molecule has 1 aromatic rings. The molecule has 0 amide bonds. The molecule has 0 radical (unpaired) electrons. The van der Waals surface area contributed by atoms with Gasteiger partial charge in [0.25, 0.3) is 0 Å². The Labute approximate surface area is 204 Å². The van der Waals surface area contributed by atoms with Gasteiger partial charge >= 0.3 is 5.97 Å². The predicted octanol–water partition coefficient (Wildman–Crippen LogP) is 4.29. The summed E-state index contributed by atoms with van der Waals surface area (Å²) < 4.78 is 35.4. The van der Waals surface area contributed by atoms with E-state index in [0.29, 0.717) is 35.0 Å².